The number of hydrogen-bond donors (Lipinski definition) is 1. The fourth-order valence-electron chi connectivity index (χ4n) is 3.24. The van der Waals surface area contributed by atoms with Gasteiger partial charge in [0.25, 0.3) is 0 Å². The molecule has 0 aliphatic carbocycles. The zero-order chi connectivity index (χ0) is 19.7. The molecule has 28 heavy (non-hydrogen) atoms. The minimum absolute atomic E-state index is 0.0515. The first-order valence-corrected chi connectivity index (χ1v) is 9.98. The second-order valence-electron chi connectivity index (χ2n) is 6.62. The van der Waals surface area contributed by atoms with Crippen molar-refractivity contribution in [1.82, 2.24) is 19.8 Å². The number of nitrogen functional groups attached to an aromatic ring is 1. The number of piperazine rings is 1. The number of amides is 2. The molecule has 4 rings (SSSR count). The molecule has 9 heteroatoms. The molecule has 2 amide bonds. The second kappa shape index (κ2) is 7.73. The van der Waals surface area contributed by atoms with Gasteiger partial charge >= 0.3 is 0 Å². The molecule has 0 atom stereocenters. The monoisotopic (exact) mass is 415 g/mol. The lowest BCUT2D eigenvalue weighted by Crippen LogP contribution is -2.52. The highest BCUT2D eigenvalue weighted by atomic mass is 35.5. The van der Waals surface area contributed by atoms with Crippen molar-refractivity contribution in [2.24, 2.45) is 0 Å². The number of thiophene rings is 1. The first-order valence-electron chi connectivity index (χ1n) is 8.78. The molecular weight excluding hydrogens is 398 g/mol. The third kappa shape index (κ3) is 3.93. The van der Waals surface area contributed by atoms with E-state index in [9.17, 15) is 9.59 Å². The molecule has 144 valence electrons. The molecule has 3 heterocycles. The van der Waals surface area contributed by atoms with Gasteiger partial charge in [-0.2, -0.15) is 0 Å². The fraction of sp³-hybridized carbons (Fsp3) is 0.263. The Morgan fingerprint density at radius 3 is 2.82 bits per heavy atom. The van der Waals surface area contributed by atoms with Crippen LogP contribution in [0.3, 0.4) is 0 Å². The van der Waals surface area contributed by atoms with Crippen LogP contribution in [0.5, 0.6) is 0 Å². The van der Waals surface area contributed by atoms with Crippen molar-refractivity contribution < 1.29 is 9.59 Å². The van der Waals surface area contributed by atoms with E-state index in [1.807, 2.05) is 24.3 Å². The number of carbonyl (C=O) groups is 2. The molecule has 1 aliphatic rings. The van der Waals surface area contributed by atoms with Gasteiger partial charge in [-0.25, -0.2) is 9.97 Å². The normalized spacial score (nSPS) is 14.7. The molecule has 2 aromatic heterocycles. The highest BCUT2D eigenvalue weighted by Crippen LogP contribution is 2.23. The van der Waals surface area contributed by atoms with Crippen molar-refractivity contribution in [3.05, 3.63) is 51.4 Å². The summed E-state index contributed by atoms with van der Waals surface area (Å²) < 4.78 is 0.658. The maximum atomic E-state index is 12.6. The molecule has 0 saturated carbocycles. The highest BCUT2D eigenvalue weighted by molar-refractivity contribution is 7.16. The molecule has 1 aromatic carbocycles. The van der Waals surface area contributed by atoms with Gasteiger partial charge in [0.1, 0.15) is 12.1 Å². The van der Waals surface area contributed by atoms with Gasteiger partial charge in [0.05, 0.1) is 22.8 Å². The van der Waals surface area contributed by atoms with Crippen LogP contribution in [0.2, 0.25) is 4.34 Å². The lowest BCUT2D eigenvalue weighted by molar-refractivity contribution is -0.145. The van der Waals surface area contributed by atoms with E-state index >= 15 is 0 Å². The maximum absolute atomic E-state index is 12.6. The van der Waals surface area contributed by atoms with E-state index in [0.717, 1.165) is 21.3 Å². The van der Waals surface area contributed by atoms with Gasteiger partial charge in [-0.3, -0.25) is 9.59 Å². The van der Waals surface area contributed by atoms with Gasteiger partial charge in [0.15, 0.2) is 0 Å². The number of fused-ring (bicyclic) bond motifs is 1. The number of aromatic nitrogens is 2. The molecule has 0 unspecified atom stereocenters. The molecule has 2 N–H and O–H groups in total. The standard InChI is InChI=1S/C19H18ClN5O2S/c20-16-4-2-13(28-16)8-17(26)25-6-5-24(18(27)10-25)9-12-1-3-14-15(7-12)22-11-23-19(14)21/h1-4,7,11H,5-6,8-10H2,(H2,21,22,23). The average Bonchev–Trinajstić information content (AvgIpc) is 3.08. The topological polar surface area (TPSA) is 92.4 Å². The Kier molecular flexibility index (Phi) is 5.15. The average molecular weight is 416 g/mol. The minimum atomic E-state index is -0.0638. The maximum Gasteiger partial charge on any atom is 0.242 e. The zero-order valence-electron chi connectivity index (χ0n) is 15.0. The summed E-state index contributed by atoms with van der Waals surface area (Å²) in [6, 6.07) is 9.33. The van der Waals surface area contributed by atoms with Crippen molar-refractivity contribution in [3.63, 3.8) is 0 Å². The number of anilines is 1. The van der Waals surface area contributed by atoms with Crippen LogP contribution < -0.4 is 5.73 Å². The van der Waals surface area contributed by atoms with Gasteiger partial charge in [-0.15, -0.1) is 11.3 Å². The SMILES string of the molecule is Nc1ncnc2cc(CN3CCN(C(=O)Cc4ccc(Cl)s4)CC3=O)ccc12. The summed E-state index contributed by atoms with van der Waals surface area (Å²) in [5.74, 6) is 0.322. The van der Waals surface area contributed by atoms with E-state index in [1.54, 1.807) is 15.9 Å². The highest BCUT2D eigenvalue weighted by Gasteiger charge is 2.27. The Morgan fingerprint density at radius 1 is 1.21 bits per heavy atom. The summed E-state index contributed by atoms with van der Waals surface area (Å²) in [6.45, 7) is 1.59. The van der Waals surface area contributed by atoms with E-state index in [0.29, 0.717) is 29.8 Å². The molecular formula is C19H18ClN5O2S. The van der Waals surface area contributed by atoms with Gasteiger partial charge in [-0.1, -0.05) is 17.7 Å². The van der Waals surface area contributed by atoms with Crippen LogP contribution in [0.4, 0.5) is 5.82 Å². The Morgan fingerprint density at radius 2 is 2.07 bits per heavy atom. The van der Waals surface area contributed by atoms with Crippen LogP contribution >= 0.6 is 22.9 Å². The minimum Gasteiger partial charge on any atom is -0.383 e. The van der Waals surface area contributed by atoms with E-state index in [4.69, 9.17) is 17.3 Å². The number of benzene rings is 1. The third-order valence-electron chi connectivity index (χ3n) is 4.73. The molecule has 0 radical (unpaired) electrons. The summed E-state index contributed by atoms with van der Waals surface area (Å²) >= 11 is 7.30. The predicted octanol–water partition coefficient (Wildman–Crippen LogP) is 2.34. The van der Waals surface area contributed by atoms with E-state index in [1.165, 1.54) is 17.7 Å². The van der Waals surface area contributed by atoms with Crippen LogP contribution in [0, 0.1) is 0 Å². The van der Waals surface area contributed by atoms with Crippen LogP contribution in [-0.4, -0.2) is 51.2 Å². The molecule has 1 fully saturated rings. The van der Waals surface area contributed by atoms with E-state index in [-0.39, 0.29) is 24.8 Å². The molecule has 1 saturated heterocycles. The second-order valence-corrected chi connectivity index (χ2v) is 8.42. The van der Waals surface area contributed by atoms with Gasteiger partial charge in [0, 0.05) is 29.9 Å². The number of rotatable bonds is 4. The van der Waals surface area contributed by atoms with Gasteiger partial charge in [-0.05, 0) is 29.8 Å². The van der Waals surface area contributed by atoms with Crippen LogP contribution in [0.15, 0.2) is 36.7 Å². The Hall–Kier alpha value is -2.71. The van der Waals surface area contributed by atoms with Crippen LogP contribution in [0.1, 0.15) is 10.4 Å². The van der Waals surface area contributed by atoms with Crippen LogP contribution in [-0.2, 0) is 22.6 Å². The first-order chi connectivity index (χ1) is 13.5. The molecule has 3 aromatic rings. The molecule has 7 nitrogen and oxygen atoms in total. The first kappa shape index (κ1) is 18.6. The number of nitrogens with zero attached hydrogens (tertiary/aromatic N) is 4. The molecule has 0 spiro atoms. The largest absolute Gasteiger partial charge is 0.383 e. The lowest BCUT2D eigenvalue weighted by atomic mass is 10.1. The van der Waals surface area contributed by atoms with Crippen LogP contribution in [0.25, 0.3) is 10.9 Å². The zero-order valence-corrected chi connectivity index (χ0v) is 16.5. The van der Waals surface area contributed by atoms with Gasteiger partial charge < -0.3 is 15.5 Å². The van der Waals surface area contributed by atoms with E-state index < -0.39 is 0 Å². The van der Waals surface area contributed by atoms with Crippen molar-refractivity contribution in [2.75, 3.05) is 25.4 Å². The smallest absolute Gasteiger partial charge is 0.242 e. The summed E-state index contributed by atoms with van der Waals surface area (Å²) in [7, 11) is 0. The van der Waals surface area contributed by atoms with Gasteiger partial charge in [0.2, 0.25) is 11.8 Å². The van der Waals surface area contributed by atoms with Crippen molar-refractivity contribution >= 4 is 51.5 Å². The number of nitrogens with two attached hydrogens (primary N) is 1. The van der Waals surface area contributed by atoms with Crippen molar-refractivity contribution in [2.45, 2.75) is 13.0 Å². The van der Waals surface area contributed by atoms with Crippen molar-refractivity contribution in [1.29, 1.82) is 0 Å². The van der Waals surface area contributed by atoms with Crippen molar-refractivity contribution in [3.8, 4) is 0 Å². The number of halogens is 1. The summed E-state index contributed by atoms with van der Waals surface area (Å²) in [4.78, 5) is 37.5. The number of hydrogen-bond acceptors (Lipinski definition) is 6. The number of carbonyl (C=O) groups excluding carboxylic acids is 2. The summed E-state index contributed by atoms with van der Waals surface area (Å²) in [5.41, 5.74) is 7.57. The quantitative estimate of drug-likeness (QED) is 0.706. The van der Waals surface area contributed by atoms with E-state index in [2.05, 4.69) is 9.97 Å². The lowest BCUT2D eigenvalue weighted by Gasteiger charge is -2.34. The molecule has 0 bridgehead atoms. The summed E-state index contributed by atoms with van der Waals surface area (Å²) in [5, 5.41) is 0.793. The Labute approximate surface area is 170 Å². The molecule has 1 aliphatic heterocycles. The fourth-order valence-corrected chi connectivity index (χ4v) is 4.32. The Bertz CT molecular complexity index is 1050. The third-order valence-corrected chi connectivity index (χ3v) is 5.96. The summed E-state index contributed by atoms with van der Waals surface area (Å²) in [6.07, 6.45) is 1.70. The Balaban J connectivity index is 1.39. The predicted molar refractivity (Wildman–Crippen MR) is 109 cm³/mol.